The second-order valence-corrected chi connectivity index (χ2v) is 5.41. The van der Waals surface area contributed by atoms with Gasteiger partial charge in [-0.25, -0.2) is 4.98 Å². The van der Waals surface area contributed by atoms with E-state index in [2.05, 4.69) is 16.0 Å². The van der Waals surface area contributed by atoms with Gasteiger partial charge in [0.15, 0.2) is 11.5 Å². The normalized spacial score (nSPS) is 10.9. The third-order valence-electron chi connectivity index (χ3n) is 4.00. The van der Waals surface area contributed by atoms with Crippen LogP contribution >= 0.6 is 0 Å². The lowest BCUT2D eigenvalue weighted by atomic mass is 10.1. The zero-order chi connectivity index (χ0) is 16.5. The van der Waals surface area contributed by atoms with Gasteiger partial charge in [0.1, 0.15) is 6.33 Å². The van der Waals surface area contributed by atoms with Crippen molar-refractivity contribution in [3.8, 4) is 28.3 Å². The van der Waals surface area contributed by atoms with Crippen molar-refractivity contribution in [2.75, 3.05) is 7.11 Å². The molecule has 0 bridgehead atoms. The van der Waals surface area contributed by atoms with Crippen molar-refractivity contribution in [3.63, 3.8) is 0 Å². The third kappa shape index (κ3) is 2.36. The fourth-order valence-corrected chi connectivity index (χ4v) is 2.77. The number of aromatic nitrogens is 3. The van der Waals surface area contributed by atoms with Gasteiger partial charge in [-0.3, -0.25) is 9.55 Å². The molecule has 2 aromatic heterocycles. The van der Waals surface area contributed by atoms with Crippen LogP contribution < -0.4 is 4.74 Å². The van der Waals surface area contributed by atoms with Crippen LogP contribution in [0.5, 0.6) is 11.5 Å². The molecule has 0 aliphatic heterocycles. The summed E-state index contributed by atoms with van der Waals surface area (Å²) in [5.74, 6) is 0.549. The molecule has 1 N–H and O–H groups in total. The number of hydrogen-bond acceptors (Lipinski definition) is 4. The number of nitrogens with zero attached hydrogens (tertiary/aromatic N) is 3. The van der Waals surface area contributed by atoms with Crippen LogP contribution in [0.25, 0.3) is 27.8 Å². The number of imidazole rings is 1. The van der Waals surface area contributed by atoms with Crippen molar-refractivity contribution in [1.82, 2.24) is 14.5 Å². The van der Waals surface area contributed by atoms with Gasteiger partial charge in [-0.1, -0.05) is 6.07 Å². The van der Waals surface area contributed by atoms with Gasteiger partial charge in [0.25, 0.3) is 0 Å². The summed E-state index contributed by atoms with van der Waals surface area (Å²) in [6, 6.07) is 15.4. The largest absolute Gasteiger partial charge is 0.504 e. The van der Waals surface area contributed by atoms with Crippen LogP contribution in [0.15, 0.2) is 67.3 Å². The number of benzene rings is 2. The molecule has 0 fully saturated rings. The summed E-state index contributed by atoms with van der Waals surface area (Å²) in [5, 5.41) is 9.99. The molecule has 24 heavy (non-hydrogen) atoms. The topological polar surface area (TPSA) is 60.2 Å². The van der Waals surface area contributed by atoms with Crippen LogP contribution in [0.2, 0.25) is 0 Å². The van der Waals surface area contributed by atoms with Crippen molar-refractivity contribution in [2.45, 2.75) is 0 Å². The van der Waals surface area contributed by atoms with E-state index in [4.69, 9.17) is 4.74 Å². The molecule has 0 aliphatic rings. The first-order valence-electron chi connectivity index (χ1n) is 7.51. The van der Waals surface area contributed by atoms with Crippen LogP contribution in [-0.4, -0.2) is 26.8 Å². The maximum atomic E-state index is 9.99. The lowest BCUT2D eigenvalue weighted by molar-refractivity contribution is 0.373. The van der Waals surface area contributed by atoms with Crippen LogP contribution in [0.1, 0.15) is 0 Å². The van der Waals surface area contributed by atoms with Crippen molar-refractivity contribution in [3.05, 3.63) is 67.3 Å². The number of hydrogen-bond donors (Lipinski definition) is 1. The number of aromatic hydroxyl groups is 1. The minimum atomic E-state index is 0.102. The van der Waals surface area contributed by atoms with E-state index >= 15 is 0 Å². The quantitative estimate of drug-likeness (QED) is 0.624. The number of methoxy groups -OCH3 is 1. The van der Waals surface area contributed by atoms with Gasteiger partial charge in [-0.05, 0) is 47.5 Å². The summed E-state index contributed by atoms with van der Waals surface area (Å²) in [6.07, 6.45) is 5.30. The minimum absolute atomic E-state index is 0.102. The molecular formula is C19H15N3O2. The first-order valence-corrected chi connectivity index (χ1v) is 7.51. The highest BCUT2D eigenvalue weighted by atomic mass is 16.5. The number of pyridine rings is 1. The summed E-state index contributed by atoms with van der Waals surface area (Å²) < 4.78 is 7.02. The van der Waals surface area contributed by atoms with Crippen LogP contribution in [0.3, 0.4) is 0 Å². The molecule has 4 rings (SSSR count). The number of phenolic OH excluding ortho intramolecular Hbond substituents is 1. The Morgan fingerprint density at radius 3 is 2.54 bits per heavy atom. The average molecular weight is 317 g/mol. The Bertz CT molecular complexity index is 1010. The Hall–Kier alpha value is -3.34. The van der Waals surface area contributed by atoms with E-state index in [1.54, 1.807) is 30.9 Å². The highest BCUT2D eigenvalue weighted by Crippen LogP contribution is 2.30. The lowest BCUT2D eigenvalue weighted by Gasteiger charge is -2.08. The summed E-state index contributed by atoms with van der Waals surface area (Å²) >= 11 is 0. The van der Waals surface area contributed by atoms with Gasteiger partial charge < -0.3 is 9.84 Å². The predicted molar refractivity (Wildman–Crippen MR) is 92.5 cm³/mol. The van der Waals surface area contributed by atoms with Crippen molar-refractivity contribution < 1.29 is 9.84 Å². The molecule has 4 aromatic rings. The number of rotatable bonds is 3. The Kier molecular flexibility index (Phi) is 3.39. The van der Waals surface area contributed by atoms with Crippen LogP contribution in [-0.2, 0) is 0 Å². The molecule has 0 spiro atoms. The van der Waals surface area contributed by atoms with E-state index in [9.17, 15) is 5.11 Å². The second kappa shape index (κ2) is 5.70. The molecule has 2 heterocycles. The Morgan fingerprint density at radius 1 is 0.958 bits per heavy atom. The van der Waals surface area contributed by atoms with Gasteiger partial charge in [-0.2, -0.15) is 0 Å². The van der Waals surface area contributed by atoms with Gasteiger partial charge in [0.05, 0.1) is 23.8 Å². The van der Waals surface area contributed by atoms with E-state index in [-0.39, 0.29) is 5.75 Å². The number of phenols is 1. The average Bonchev–Trinajstić information content (AvgIpc) is 3.05. The monoisotopic (exact) mass is 317 g/mol. The molecule has 5 nitrogen and oxygen atoms in total. The van der Waals surface area contributed by atoms with Crippen molar-refractivity contribution in [1.29, 1.82) is 0 Å². The van der Waals surface area contributed by atoms with Crippen molar-refractivity contribution >= 4 is 11.0 Å². The Morgan fingerprint density at radius 2 is 1.79 bits per heavy atom. The van der Waals surface area contributed by atoms with Gasteiger partial charge in [0.2, 0.25) is 0 Å². The van der Waals surface area contributed by atoms with E-state index in [1.165, 1.54) is 7.11 Å². The highest BCUT2D eigenvalue weighted by Gasteiger charge is 2.09. The second-order valence-electron chi connectivity index (χ2n) is 5.41. The van der Waals surface area contributed by atoms with Gasteiger partial charge >= 0.3 is 0 Å². The molecule has 0 unspecified atom stereocenters. The molecule has 0 aliphatic carbocycles. The number of fused-ring (bicyclic) bond motifs is 1. The molecule has 2 aromatic carbocycles. The standard InChI is InChI=1S/C19H15N3O2/c1-24-19-5-3-15(11-18(19)23)22-12-21-16-10-14(2-4-17(16)22)13-6-8-20-9-7-13/h2-12,23H,1H3. The summed E-state index contributed by atoms with van der Waals surface area (Å²) in [7, 11) is 1.53. The predicted octanol–water partition coefficient (Wildman–Crippen LogP) is 3.80. The maximum Gasteiger partial charge on any atom is 0.160 e. The lowest BCUT2D eigenvalue weighted by Crippen LogP contribution is -1.93. The molecule has 118 valence electrons. The molecule has 0 radical (unpaired) electrons. The fourth-order valence-electron chi connectivity index (χ4n) is 2.77. The summed E-state index contributed by atoms with van der Waals surface area (Å²) in [6.45, 7) is 0. The zero-order valence-corrected chi connectivity index (χ0v) is 13.0. The van der Waals surface area contributed by atoms with Gasteiger partial charge in [-0.15, -0.1) is 0 Å². The van der Waals surface area contributed by atoms with E-state index in [0.717, 1.165) is 27.8 Å². The SMILES string of the molecule is COc1ccc(-n2cnc3cc(-c4ccncc4)ccc32)cc1O. The fraction of sp³-hybridized carbons (Fsp3) is 0.0526. The van der Waals surface area contributed by atoms with E-state index < -0.39 is 0 Å². The van der Waals surface area contributed by atoms with E-state index in [0.29, 0.717) is 5.75 Å². The minimum Gasteiger partial charge on any atom is -0.504 e. The first-order chi connectivity index (χ1) is 11.8. The van der Waals surface area contributed by atoms with Crippen molar-refractivity contribution in [2.24, 2.45) is 0 Å². The maximum absolute atomic E-state index is 9.99. The molecule has 5 heteroatoms. The molecular weight excluding hydrogens is 302 g/mol. The number of ether oxygens (including phenoxy) is 1. The van der Waals surface area contributed by atoms with Gasteiger partial charge in [0, 0.05) is 18.5 Å². The molecule has 0 saturated heterocycles. The summed E-state index contributed by atoms with van der Waals surface area (Å²) in [4.78, 5) is 8.53. The molecule has 0 saturated carbocycles. The molecule has 0 atom stereocenters. The van der Waals surface area contributed by atoms with E-state index in [1.807, 2.05) is 34.9 Å². The van der Waals surface area contributed by atoms with Crippen LogP contribution in [0.4, 0.5) is 0 Å². The Balaban J connectivity index is 1.80. The zero-order valence-electron chi connectivity index (χ0n) is 13.0. The summed E-state index contributed by atoms with van der Waals surface area (Å²) in [5.41, 5.74) is 4.88. The smallest absolute Gasteiger partial charge is 0.160 e. The first kappa shape index (κ1) is 14.3. The third-order valence-corrected chi connectivity index (χ3v) is 4.00. The molecule has 0 amide bonds. The Labute approximate surface area is 138 Å². The van der Waals surface area contributed by atoms with Crippen LogP contribution in [0, 0.1) is 0 Å². The highest BCUT2D eigenvalue weighted by molar-refractivity contribution is 5.83.